The summed E-state index contributed by atoms with van der Waals surface area (Å²) in [6, 6.07) is 13.6. The number of nitrogens with one attached hydrogen (secondary N) is 3. The molecule has 0 bridgehead atoms. The highest BCUT2D eigenvalue weighted by Crippen LogP contribution is 2.33. The summed E-state index contributed by atoms with van der Waals surface area (Å²) in [6.07, 6.45) is 2.34. The van der Waals surface area contributed by atoms with Gasteiger partial charge in [0, 0.05) is 40.8 Å². The van der Waals surface area contributed by atoms with Gasteiger partial charge in [0.15, 0.2) is 5.84 Å². The Kier molecular flexibility index (Phi) is 6.53. The number of amides is 1. The van der Waals surface area contributed by atoms with E-state index >= 15 is 0 Å². The van der Waals surface area contributed by atoms with E-state index in [0.29, 0.717) is 27.6 Å². The number of carbonyl (C=O) groups is 1. The third kappa shape index (κ3) is 4.37. The summed E-state index contributed by atoms with van der Waals surface area (Å²) in [7, 11) is 1.72. The quantitative estimate of drug-likeness (QED) is 0.230. The molecule has 0 aliphatic carbocycles. The Morgan fingerprint density at radius 1 is 1.18 bits per heavy atom. The molecule has 4 aromatic rings. The minimum absolute atomic E-state index is 0.0278. The zero-order valence-corrected chi connectivity index (χ0v) is 19.8. The van der Waals surface area contributed by atoms with E-state index in [-0.39, 0.29) is 11.7 Å². The fourth-order valence-electron chi connectivity index (χ4n) is 3.75. The van der Waals surface area contributed by atoms with Crippen molar-refractivity contribution < 1.29 is 4.79 Å². The first-order valence-electron chi connectivity index (χ1n) is 10.2. The van der Waals surface area contributed by atoms with Gasteiger partial charge in [-0.3, -0.25) is 15.2 Å². The Labute approximate surface area is 200 Å². The minimum Gasteiger partial charge on any atom is -0.386 e. The number of pyridine rings is 1. The molecular weight excluding hydrogens is 454 g/mol. The third-order valence-corrected chi connectivity index (χ3v) is 6.80. The van der Waals surface area contributed by atoms with Gasteiger partial charge >= 0.3 is 0 Å². The molecule has 1 amide bonds. The van der Waals surface area contributed by atoms with Crippen LogP contribution in [0.4, 0.5) is 11.4 Å². The van der Waals surface area contributed by atoms with E-state index in [4.69, 9.17) is 17.0 Å². The fourth-order valence-corrected chi connectivity index (χ4v) is 4.92. The monoisotopic (exact) mass is 475 g/mol. The standard InChI is InChI=1S/C25H22ClN5OS/c1-14-8-9-16-17(10-11-30-20(16)12-15-6-4-5-7-19(15)26)21(14)31-25(32)18-13-33-23(22(18)28-2)24(27)29-3/h4-11,13,27-28H,3,12H2,1-2H3,(H,31,32). The van der Waals surface area contributed by atoms with Crippen LogP contribution in [0.25, 0.3) is 10.8 Å². The molecule has 0 aliphatic heterocycles. The first kappa shape index (κ1) is 22.6. The van der Waals surface area contributed by atoms with Gasteiger partial charge in [0.1, 0.15) is 0 Å². The Balaban J connectivity index is 1.73. The maximum absolute atomic E-state index is 13.2. The first-order valence-corrected chi connectivity index (χ1v) is 11.5. The number of aromatic nitrogens is 1. The lowest BCUT2D eigenvalue weighted by molar-refractivity contribution is 0.102. The van der Waals surface area contributed by atoms with E-state index in [0.717, 1.165) is 33.3 Å². The predicted octanol–water partition coefficient (Wildman–Crippen LogP) is 6.17. The van der Waals surface area contributed by atoms with Gasteiger partial charge in [-0.1, -0.05) is 41.9 Å². The lowest BCUT2D eigenvalue weighted by Gasteiger charge is -2.15. The highest BCUT2D eigenvalue weighted by molar-refractivity contribution is 7.13. The van der Waals surface area contributed by atoms with Crippen LogP contribution in [0.1, 0.15) is 32.1 Å². The van der Waals surface area contributed by atoms with Crippen LogP contribution in [0.5, 0.6) is 0 Å². The Bertz CT molecular complexity index is 1400. The fraction of sp³-hybridized carbons (Fsp3) is 0.120. The van der Waals surface area contributed by atoms with Gasteiger partial charge in [0.05, 0.1) is 27.5 Å². The van der Waals surface area contributed by atoms with Crippen LogP contribution in [0.2, 0.25) is 5.02 Å². The van der Waals surface area contributed by atoms with Crippen molar-refractivity contribution in [3.63, 3.8) is 0 Å². The highest BCUT2D eigenvalue weighted by Gasteiger charge is 2.21. The number of rotatable bonds is 6. The van der Waals surface area contributed by atoms with E-state index in [1.54, 1.807) is 18.6 Å². The maximum atomic E-state index is 13.2. The van der Waals surface area contributed by atoms with Gasteiger partial charge in [-0.15, -0.1) is 11.3 Å². The average molecular weight is 476 g/mol. The van der Waals surface area contributed by atoms with Crippen LogP contribution in [0.3, 0.4) is 0 Å². The van der Waals surface area contributed by atoms with Crippen LogP contribution in [0, 0.1) is 12.3 Å². The molecule has 0 spiro atoms. The van der Waals surface area contributed by atoms with Crippen molar-refractivity contribution in [1.82, 2.24) is 4.98 Å². The summed E-state index contributed by atoms with van der Waals surface area (Å²) >= 11 is 7.65. The Morgan fingerprint density at radius 2 is 1.97 bits per heavy atom. The Morgan fingerprint density at radius 3 is 2.70 bits per heavy atom. The van der Waals surface area contributed by atoms with Crippen molar-refractivity contribution in [2.45, 2.75) is 13.3 Å². The second-order valence-corrected chi connectivity index (χ2v) is 8.73. The summed E-state index contributed by atoms with van der Waals surface area (Å²) in [5.41, 5.74) is 4.56. The SMILES string of the molecule is C=NC(=N)c1scc(C(=O)Nc2c(C)ccc3c(Cc4ccccc4Cl)nccc23)c1NC. The van der Waals surface area contributed by atoms with Crippen molar-refractivity contribution in [2.75, 3.05) is 17.7 Å². The highest BCUT2D eigenvalue weighted by atomic mass is 35.5. The zero-order valence-electron chi connectivity index (χ0n) is 18.2. The van der Waals surface area contributed by atoms with E-state index in [1.807, 2.05) is 49.4 Å². The largest absolute Gasteiger partial charge is 0.386 e. The third-order valence-electron chi connectivity index (χ3n) is 5.45. The maximum Gasteiger partial charge on any atom is 0.258 e. The number of hydrogen-bond donors (Lipinski definition) is 3. The number of benzene rings is 2. The molecule has 0 unspecified atom stereocenters. The number of aliphatic imine (C=N–C) groups is 1. The lowest BCUT2D eigenvalue weighted by Crippen LogP contribution is -2.14. The van der Waals surface area contributed by atoms with Crippen LogP contribution in [0.15, 0.2) is 59.0 Å². The van der Waals surface area contributed by atoms with E-state index in [9.17, 15) is 4.79 Å². The lowest BCUT2D eigenvalue weighted by atomic mass is 10.00. The number of anilines is 2. The molecule has 3 N–H and O–H groups in total. The van der Waals surface area contributed by atoms with E-state index in [1.165, 1.54) is 11.3 Å². The number of hydrogen-bond acceptors (Lipinski definition) is 5. The first-order chi connectivity index (χ1) is 15.9. The molecular formula is C25H22ClN5OS. The van der Waals surface area contributed by atoms with Gasteiger partial charge in [-0.05, 0) is 36.9 Å². The average Bonchev–Trinajstić information content (AvgIpc) is 3.26. The normalized spacial score (nSPS) is 10.8. The number of nitrogens with zero attached hydrogens (tertiary/aromatic N) is 2. The van der Waals surface area contributed by atoms with Crippen molar-refractivity contribution in [2.24, 2.45) is 4.99 Å². The molecule has 0 saturated carbocycles. The molecule has 33 heavy (non-hydrogen) atoms. The number of aryl methyl sites for hydroxylation is 1. The number of fused-ring (bicyclic) bond motifs is 1. The summed E-state index contributed by atoms with van der Waals surface area (Å²) in [6.45, 7) is 5.37. The van der Waals surface area contributed by atoms with Crippen LogP contribution in [-0.2, 0) is 6.42 Å². The molecule has 6 nitrogen and oxygen atoms in total. The topological polar surface area (TPSA) is 90.2 Å². The second-order valence-electron chi connectivity index (χ2n) is 7.44. The molecule has 8 heteroatoms. The molecule has 2 heterocycles. The van der Waals surface area contributed by atoms with Gasteiger partial charge < -0.3 is 10.6 Å². The van der Waals surface area contributed by atoms with E-state index < -0.39 is 0 Å². The molecule has 2 aromatic carbocycles. The molecule has 0 atom stereocenters. The molecule has 2 aromatic heterocycles. The Hall–Kier alpha value is -3.55. The zero-order chi connectivity index (χ0) is 23.5. The van der Waals surface area contributed by atoms with Crippen LogP contribution >= 0.6 is 22.9 Å². The number of carbonyl (C=O) groups excluding carboxylic acids is 1. The number of amidine groups is 1. The molecule has 0 aliphatic rings. The molecule has 4 rings (SSSR count). The summed E-state index contributed by atoms with van der Waals surface area (Å²) in [5.74, 6) is -0.237. The smallest absolute Gasteiger partial charge is 0.258 e. The van der Waals surface area contributed by atoms with Gasteiger partial charge in [-0.25, -0.2) is 4.99 Å². The summed E-state index contributed by atoms with van der Waals surface area (Å²) < 4.78 is 0. The van der Waals surface area contributed by atoms with E-state index in [2.05, 4.69) is 27.3 Å². The van der Waals surface area contributed by atoms with Crippen molar-refractivity contribution >= 4 is 63.5 Å². The van der Waals surface area contributed by atoms with Gasteiger partial charge in [-0.2, -0.15) is 0 Å². The molecule has 0 saturated heterocycles. The predicted molar refractivity (Wildman–Crippen MR) is 139 cm³/mol. The van der Waals surface area contributed by atoms with Crippen molar-refractivity contribution in [3.05, 3.63) is 86.3 Å². The molecule has 166 valence electrons. The summed E-state index contributed by atoms with van der Waals surface area (Å²) in [5, 5.41) is 18.3. The van der Waals surface area contributed by atoms with Crippen molar-refractivity contribution in [3.8, 4) is 0 Å². The van der Waals surface area contributed by atoms with Crippen molar-refractivity contribution in [1.29, 1.82) is 5.41 Å². The number of halogens is 1. The number of thiophene rings is 1. The minimum atomic E-state index is -0.265. The molecule has 0 fully saturated rings. The van der Waals surface area contributed by atoms with Crippen LogP contribution < -0.4 is 10.6 Å². The summed E-state index contributed by atoms with van der Waals surface area (Å²) in [4.78, 5) is 22.1. The van der Waals surface area contributed by atoms with Gasteiger partial charge in [0.2, 0.25) is 0 Å². The second kappa shape index (κ2) is 9.52. The molecule has 0 radical (unpaired) electrons. The van der Waals surface area contributed by atoms with Gasteiger partial charge in [0.25, 0.3) is 5.91 Å². The van der Waals surface area contributed by atoms with Crippen LogP contribution in [-0.4, -0.2) is 30.5 Å².